The van der Waals surface area contributed by atoms with Gasteiger partial charge in [-0.05, 0) is 24.3 Å². The Hall–Kier alpha value is -2.40. The number of rotatable bonds is 6. The van der Waals surface area contributed by atoms with Gasteiger partial charge in [-0.2, -0.15) is 0 Å². The Bertz CT molecular complexity index is 739. The minimum absolute atomic E-state index is 0.0854. The standard InChI is InChI=1S/C16H15NO3S/c1-2-12-17(16-11-7-6-8-14(16)13-18)21(19,20)15-9-4-3-5-10-15/h2-11,13H,1,12H2. The van der Waals surface area contributed by atoms with Crippen LogP contribution in [0.2, 0.25) is 0 Å². The lowest BCUT2D eigenvalue weighted by molar-refractivity contribution is 0.112. The van der Waals surface area contributed by atoms with Gasteiger partial charge in [0.25, 0.3) is 10.0 Å². The van der Waals surface area contributed by atoms with Gasteiger partial charge in [0.2, 0.25) is 0 Å². The predicted octanol–water partition coefficient (Wildman–Crippen LogP) is 2.88. The Morgan fingerprint density at radius 1 is 1.00 bits per heavy atom. The normalized spacial score (nSPS) is 10.9. The molecule has 0 aliphatic heterocycles. The molecule has 2 rings (SSSR count). The summed E-state index contributed by atoms with van der Waals surface area (Å²) in [5.41, 5.74) is 0.662. The van der Waals surface area contributed by atoms with Crippen LogP contribution in [0.25, 0.3) is 0 Å². The topological polar surface area (TPSA) is 54.5 Å². The Labute approximate surface area is 124 Å². The zero-order chi connectivity index (χ0) is 15.3. The first-order chi connectivity index (χ1) is 10.1. The largest absolute Gasteiger partial charge is 0.298 e. The van der Waals surface area contributed by atoms with Crippen molar-refractivity contribution in [3.63, 3.8) is 0 Å². The Morgan fingerprint density at radius 2 is 1.62 bits per heavy atom. The van der Waals surface area contributed by atoms with Crippen LogP contribution in [0.15, 0.2) is 72.1 Å². The van der Waals surface area contributed by atoms with Gasteiger partial charge < -0.3 is 0 Å². The summed E-state index contributed by atoms with van der Waals surface area (Å²) < 4.78 is 26.7. The van der Waals surface area contributed by atoms with Crippen LogP contribution in [-0.2, 0) is 10.0 Å². The maximum absolute atomic E-state index is 12.8. The number of carbonyl (C=O) groups excluding carboxylic acids is 1. The third-order valence-corrected chi connectivity index (χ3v) is 4.75. The van der Waals surface area contributed by atoms with Crippen molar-refractivity contribution >= 4 is 22.0 Å². The third-order valence-electron chi connectivity index (χ3n) is 2.96. The molecule has 0 spiro atoms. The highest BCUT2D eigenvalue weighted by molar-refractivity contribution is 7.92. The molecule has 0 bridgehead atoms. The van der Waals surface area contributed by atoms with E-state index in [9.17, 15) is 13.2 Å². The monoisotopic (exact) mass is 301 g/mol. The fourth-order valence-electron chi connectivity index (χ4n) is 1.98. The highest BCUT2D eigenvalue weighted by Crippen LogP contribution is 2.26. The molecule has 0 N–H and O–H groups in total. The third kappa shape index (κ3) is 3.03. The quantitative estimate of drug-likeness (QED) is 0.609. The van der Waals surface area contributed by atoms with Gasteiger partial charge in [0, 0.05) is 5.56 Å². The molecule has 4 nitrogen and oxygen atoms in total. The van der Waals surface area contributed by atoms with Gasteiger partial charge >= 0.3 is 0 Å². The lowest BCUT2D eigenvalue weighted by atomic mass is 10.2. The van der Waals surface area contributed by atoms with Crippen molar-refractivity contribution in [1.82, 2.24) is 0 Å². The van der Waals surface area contributed by atoms with Crippen molar-refractivity contribution in [1.29, 1.82) is 0 Å². The maximum Gasteiger partial charge on any atom is 0.264 e. The zero-order valence-electron chi connectivity index (χ0n) is 11.3. The van der Waals surface area contributed by atoms with Gasteiger partial charge in [-0.3, -0.25) is 9.10 Å². The van der Waals surface area contributed by atoms with E-state index in [1.165, 1.54) is 22.5 Å². The van der Waals surface area contributed by atoms with Crippen LogP contribution in [0, 0.1) is 0 Å². The highest BCUT2D eigenvalue weighted by Gasteiger charge is 2.25. The van der Waals surface area contributed by atoms with E-state index in [0.29, 0.717) is 17.5 Å². The van der Waals surface area contributed by atoms with Crippen molar-refractivity contribution in [2.24, 2.45) is 0 Å². The van der Waals surface area contributed by atoms with Crippen molar-refractivity contribution in [2.75, 3.05) is 10.8 Å². The Kier molecular flexibility index (Phi) is 4.55. The minimum atomic E-state index is -3.75. The smallest absolute Gasteiger partial charge is 0.264 e. The van der Waals surface area contributed by atoms with Gasteiger partial charge in [0.15, 0.2) is 6.29 Å². The molecular formula is C16H15NO3S. The number of sulfonamides is 1. The van der Waals surface area contributed by atoms with Crippen molar-refractivity contribution in [3.8, 4) is 0 Å². The number of para-hydroxylation sites is 1. The van der Waals surface area contributed by atoms with Gasteiger partial charge in [-0.1, -0.05) is 36.4 Å². The number of aldehydes is 1. The van der Waals surface area contributed by atoms with Crippen molar-refractivity contribution < 1.29 is 13.2 Å². The van der Waals surface area contributed by atoms with Gasteiger partial charge in [-0.25, -0.2) is 8.42 Å². The second-order valence-corrected chi connectivity index (χ2v) is 6.18. The molecule has 0 unspecified atom stereocenters. The average molecular weight is 301 g/mol. The van der Waals surface area contributed by atoms with Crippen LogP contribution >= 0.6 is 0 Å². The molecule has 0 aromatic heterocycles. The van der Waals surface area contributed by atoms with E-state index in [2.05, 4.69) is 6.58 Å². The minimum Gasteiger partial charge on any atom is -0.298 e. The molecule has 21 heavy (non-hydrogen) atoms. The first-order valence-corrected chi connectivity index (χ1v) is 7.78. The van der Waals surface area contributed by atoms with Crippen LogP contribution in [0.3, 0.4) is 0 Å². The summed E-state index contributed by atoms with van der Waals surface area (Å²) in [6, 6.07) is 14.7. The molecule has 0 atom stereocenters. The van der Waals surface area contributed by atoms with E-state index < -0.39 is 10.0 Å². The van der Waals surface area contributed by atoms with Crippen LogP contribution in [-0.4, -0.2) is 21.2 Å². The van der Waals surface area contributed by atoms with Crippen LogP contribution < -0.4 is 4.31 Å². The second-order valence-electron chi connectivity index (χ2n) is 4.31. The molecule has 108 valence electrons. The number of hydrogen-bond donors (Lipinski definition) is 0. The summed E-state index contributed by atoms with van der Waals surface area (Å²) in [6.45, 7) is 3.68. The maximum atomic E-state index is 12.8. The molecule has 2 aromatic rings. The van der Waals surface area contributed by atoms with E-state index in [1.54, 1.807) is 42.5 Å². The predicted molar refractivity (Wildman–Crippen MR) is 83.0 cm³/mol. The molecule has 0 fully saturated rings. The Balaban J connectivity index is 2.59. The highest BCUT2D eigenvalue weighted by atomic mass is 32.2. The van der Waals surface area contributed by atoms with E-state index >= 15 is 0 Å². The summed E-state index contributed by atoms with van der Waals surface area (Å²) in [4.78, 5) is 11.3. The number of hydrogen-bond acceptors (Lipinski definition) is 3. The first-order valence-electron chi connectivity index (χ1n) is 6.34. The summed E-state index contributed by atoms with van der Waals surface area (Å²) in [6.07, 6.45) is 2.13. The average Bonchev–Trinajstić information content (AvgIpc) is 2.53. The number of anilines is 1. The number of benzene rings is 2. The van der Waals surface area contributed by atoms with Crippen LogP contribution in [0.1, 0.15) is 10.4 Å². The molecule has 2 aromatic carbocycles. The van der Waals surface area contributed by atoms with Crippen LogP contribution in [0.5, 0.6) is 0 Å². The molecule has 5 heteroatoms. The molecule has 0 heterocycles. The van der Waals surface area contributed by atoms with E-state index in [1.807, 2.05) is 0 Å². The number of carbonyl (C=O) groups is 1. The Morgan fingerprint density at radius 3 is 2.24 bits per heavy atom. The molecule has 0 amide bonds. The molecule has 0 aliphatic rings. The van der Waals surface area contributed by atoms with E-state index in [4.69, 9.17) is 0 Å². The zero-order valence-corrected chi connectivity index (χ0v) is 12.2. The first kappa shape index (κ1) is 15.0. The van der Waals surface area contributed by atoms with Gasteiger partial charge in [0.05, 0.1) is 17.1 Å². The lowest BCUT2D eigenvalue weighted by Crippen LogP contribution is -2.32. The number of nitrogens with zero attached hydrogens (tertiary/aromatic N) is 1. The fourth-order valence-corrected chi connectivity index (χ4v) is 3.46. The molecule has 0 saturated carbocycles. The summed E-state index contributed by atoms with van der Waals surface area (Å²) in [5, 5.41) is 0. The van der Waals surface area contributed by atoms with Gasteiger partial charge in [0.1, 0.15) is 0 Å². The SMILES string of the molecule is C=CCN(c1ccccc1C=O)S(=O)(=O)c1ccccc1. The molecule has 0 aliphatic carbocycles. The van der Waals surface area contributed by atoms with Gasteiger partial charge in [-0.15, -0.1) is 6.58 Å². The fraction of sp³-hybridized carbons (Fsp3) is 0.0625. The van der Waals surface area contributed by atoms with Crippen molar-refractivity contribution in [2.45, 2.75) is 4.90 Å². The van der Waals surface area contributed by atoms with Crippen LogP contribution in [0.4, 0.5) is 5.69 Å². The molecular weight excluding hydrogens is 286 g/mol. The molecule has 0 saturated heterocycles. The summed E-state index contributed by atoms with van der Waals surface area (Å²) >= 11 is 0. The summed E-state index contributed by atoms with van der Waals surface area (Å²) in [7, 11) is -3.75. The van der Waals surface area contributed by atoms with E-state index in [-0.39, 0.29) is 11.4 Å². The summed E-state index contributed by atoms with van der Waals surface area (Å²) in [5.74, 6) is 0. The van der Waals surface area contributed by atoms with E-state index in [0.717, 1.165) is 0 Å². The second kappa shape index (κ2) is 6.37. The van der Waals surface area contributed by atoms with Crippen molar-refractivity contribution in [3.05, 3.63) is 72.8 Å². The molecule has 0 radical (unpaired) electrons. The lowest BCUT2D eigenvalue weighted by Gasteiger charge is -2.24.